The average Bonchev–Trinajstić information content (AvgIpc) is 3.34. The molecule has 0 bridgehead atoms. The summed E-state index contributed by atoms with van der Waals surface area (Å²) in [5.41, 5.74) is 0.807. The molecule has 2 aromatic heterocycles. The molecule has 0 aliphatic heterocycles. The molecule has 0 saturated heterocycles. The molecule has 2 amide bonds. The van der Waals surface area contributed by atoms with Gasteiger partial charge >= 0.3 is 5.97 Å². The number of para-hydroxylation sites is 1. The summed E-state index contributed by atoms with van der Waals surface area (Å²) in [6, 6.07) is 10.6. The molecular weight excluding hydrogens is 370 g/mol. The lowest BCUT2D eigenvalue weighted by atomic mass is 10.3. The molecule has 0 radical (unpaired) electrons. The number of ether oxygens (including phenoxy) is 1. The van der Waals surface area contributed by atoms with E-state index in [-0.39, 0.29) is 18.2 Å². The third-order valence-electron chi connectivity index (χ3n) is 3.63. The van der Waals surface area contributed by atoms with Gasteiger partial charge in [0.05, 0.1) is 16.5 Å². The molecule has 0 aliphatic rings. The quantitative estimate of drug-likeness (QED) is 0.624. The molecule has 1 N–H and O–H groups in total. The van der Waals surface area contributed by atoms with Crippen molar-refractivity contribution in [2.45, 2.75) is 6.92 Å². The fourth-order valence-electron chi connectivity index (χ4n) is 2.31. The summed E-state index contributed by atoms with van der Waals surface area (Å²) >= 11 is 1.39. The van der Waals surface area contributed by atoms with Crippen molar-refractivity contribution in [3.63, 3.8) is 0 Å². The molecule has 140 valence electrons. The third kappa shape index (κ3) is 4.50. The minimum atomic E-state index is -0.719. The first-order valence-corrected chi connectivity index (χ1v) is 9.03. The fraction of sp³-hybridized carbons (Fsp3) is 0.222. The molecule has 0 fully saturated rings. The van der Waals surface area contributed by atoms with E-state index in [9.17, 15) is 14.4 Å². The number of anilines is 1. The number of amides is 2. The summed E-state index contributed by atoms with van der Waals surface area (Å²) in [5, 5.41) is 2.91. The van der Waals surface area contributed by atoms with Crippen LogP contribution in [0.4, 0.5) is 5.13 Å². The number of hydrogen-bond donors (Lipinski definition) is 1. The van der Waals surface area contributed by atoms with Crippen LogP contribution in [0.1, 0.15) is 17.5 Å². The van der Waals surface area contributed by atoms with Gasteiger partial charge in [-0.05, 0) is 31.2 Å². The number of esters is 1. The molecule has 2 heterocycles. The zero-order chi connectivity index (χ0) is 19.2. The van der Waals surface area contributed by atoms with Gasteiger partial charge in [0.25, 0.3) is 11.8 Å². The Balaban J connectivity index is 1.52. The fourth-order valence-corrected chi connectivity index (χ4v) is 3.36. The second kappa shape index (κ2) is 8.45. The Hall–Kier alpha value is -3.20. The topological polar surface area (TPSA) is 102 Å². The lowest BCUT2D eigenvalue weighted by Crippen LogP contribution is -2.36. The molecule has 0 aliphatic carbocycles. The maximum atomic E-state index is 12.4. The van der Waals surface area contributed by atoms with Crippen LogP contribution in [0.5, 0.6) is 0 Å². The first kappa shape index (κ1) is 18.6. The summed E-state index contributed by atoms with van der Waals surface area (Å²) in [7, 11) is 0. The summed E-state index contributed by atoms with van der Waals surface area (Å²) in [6.45, 7) is 1.42. The smallest absolute Gasteiger partial charge is 0.325 e. The van der Waals surface area contributed by atoms with Crippen LogP contribution in [-0.4, -0.2) is 42.5 Å². The summed E-state index contributed by atoms with van der Waals surface area (Å²) in [6.07, 6.45) is 1.35. The number of benzene rings is 1. The van der Waals surface area contributed by atoms with Gasteiger partial charge in [-0.25, -0.2) is 4.98 Å². The van der Waals surface area contributed by atoms with Crippen LogP contribution in [0.3, 0.4) is 0 Å². The zero-order valence-corrected chi connectivity index (χ0v) is 15.3. The molecule has 0 saturated carbocycles. The molecule has 3 aromatic rings. The number of aromatic nitrogens is 1. The van der Waals surface area contributed by atoms with Gasteiger partial charge in [-0.1, -0.05) is 23.5 Å². The molecule has 3 rings (SSSR count). The Morgan fingerprint density at radius 2 is 2.04 bits per heavy atom. The molecule has 0 unspecified atom stereocenters. The van der Waals surface area contributed by atoms with Crippen molar-refractivity contribution in [2.75, 3.05) is 24.6 Å². The van der Waals surface area contributed by atoms with Gasteiger partial charge < -0.3 is 14.5 Å². The minimum Gasteiger partial charge on any atom is -0.459 e. The van der Waals surface area contributed by atoms with Gasteiger partial charge in [-0.2, -0.15) is 0 Å². The summed E-state index contributed by atoms with van der Waals surface area (Å²) < 4.78 is 10.8. The van der Waals surface area contributed by atoms with E-state index in [4.69, 9.17) is 9.15 Å². The van der Waals surface area contributed by atoms with Crippen molar-refractivity contribution in [2.24, 2.45) is 0 Å². The van der Waals surface area contributed by atoms with E-state index >= 15 is 0 Å². The lowest BCUT2D eigenvalue weighted by molar-refractivity contribution is -0.146. The van der Waals surface area contributed by atoms with E-state index < -0.39 is 18.5 Å². The van der Waals surface area contributed by atoms with Crippen LogP contribution in [0, 0.1) is 0 Å². The van der Waals surface area contributed by atoms with Gasteiger partial charge in [-0.15, -0.1) is 0 Å². The second-order valence-corrected chi connectivity index (χ2v) is 6.43. The molecule has 0 spiro atoms. The number of fused-ring (bicyclic) bond motifs is 1. The van der Waals surface area contributed by atoms with Crippen LogP contribution >= 0.6 is 11.3 Å². The molecule has 8 nitrogen and oxygen atoms in total. The first-order valence-electron chi connectivity index (χ1n) is 8.21. The number of carbonyl (C=O) groups excluding carboxylic acids is 3. The molecule has 9 heteroatoms. The Morgan fingerprint density at radius 3 is 2.74 bits per heavy atom. The highest BCUT2D eigenvalue weighted by Gasteiger charge is 2.20. The number of furan rings is 1. The largest absolute Gasteiger partial charge is 0.459 e. The van der Waals surface area contributed by atoms with Gasteiger partial charge in [0.15, 0.2) is 17.5 Å². The van der Waals surface area contributed by atoms with Crippen molar-refractivity contribution in [3.05, 3.63) is 48.4 Å². The second-order valence-electron chi connectivity index (χ2n) is 5.42. The van der Waals surface area contributed by atoms with E-state index in [2.05, 4.69) is 10.3 Å². The van der Waals surface area contributed by atoms with Gasteiger partial charge in [0.1, 0.15) is 6.54 Å². The Bertz CT molecular complexity index is 918. The van der Waals surface area contributed by atoms with Crippen LogP contribution in [0.15, 0.2) is 47.1 Å². The molecule has 0 atom stereocenters. The van der Waals surface area contributed by atoms with E-state index in [0.717, 1.165) is 10.2 Å². The molecule has 27 heavy (non-hydrogen) atoms. The number of nitrogens with one attached hydrogen (secondary N) is 1. The van der Waals surface area contributed by atoms with Gasteiger partial charge in [-0.3, -0.25) is 19.3 Å². The lowest BCUT2D eigenvalue weighted by Gasteiger charge is -2.17. The SMILES string of the molecule is CCN(C(=O)COC(=O)CNC(=O)c1ccco1)c1nc2ccccc2s1. The van der Waals surface area contributed by atoms with E-state index in [1.54, 1.807) is 6.07 Å². The Morgan fingerprint density at radius 1 is 1.22 bits per heavy atom. The van der Waals surface area contributed by atoms with Crippen molar-refractivity contribution in [1.82, 2.24) is 10.3 Å². The zero-order valence-electron chi connectivity index (χ0n) is 14.5. The Labute approximate surface area is 158 Å². The first-order chi connectivity index (χ1) is 13.1. The van der Waals surface area contributed by atoms with Gasteiger partial charge in [0, 0.05) is 6.54 Å². The number of thiazole rings is 1. The van der Waals surface area contributed by atoms with Crippen molar-refractivity contribution in [3.8, 4) is 0 Å². The summed E-state index contributed by atoms with van der Waals surface area (Å²) in [5.74, 6) is -1.55. The van der Waals surface area contributed by atoms with Crippen molar-refractivity contribution < 1.29 is 23.5 Å². The van der Waals surface area contributed by atoms with E-state index in [0.29, 0.717) is 11.7 Å². The summed E-state index contributed by atoms with van der Waals surface area (Å²) in [4.78, 5) is 41.7. The molecular formula is C18H17N3O5S. The van der Waals surface area contributed by atoms with Crippen LogP contribution in [0.25, 0.3) is 10.2 Å². The highest BCUT2D eigenvalue weighted by Crippen LogP contribution is 2.28. The van der Waals surface area contributed by atoms with Crippen molar-refractivity contribution >= 4 is 44.5 Å². The van der Waals surface area contributed by atoms with E-state index in [1.807, 2.05) is 31.2 Å². The highest BCUT2D eigenvalue weighted by atomic mass is 32.1. The van der Waals surface area contributed by atoms with Gasteiger partial charge in [0.2, 0.25) is 0 Å². The third-order valence-corrected chi connectivity index (χ3v) is 4.69. The monoisotopic (exact) mass is 387 g/mol. The average molecular weight is 387 g/mol. The number of carbonyl (C=O) groups is 3. The number of rotatable bonds is 7. The normalized spacial score (nSPS) is 10.6. The van der Waals surface area contributed by atoms with E-state index in [1.165, 1.54) is 28.6 Å². The maximum absolute atomic E-state index is 12.4. The van der Waals surface area contributed by atoms with Crippen molar-refractivity contribution in [1.29, 1.82) is 0 Å². The Kier molecular flexibility index (Phi) is 5.82. The molecule has 1 aromatic carbocycles. The predicted molar refractivity (Wildman–Crippen MR) is 99.6 cm³/mol. The minimum absolute atomic E-state index is 0.0897. The highest BCUT2D eigenvalue weighted by molar-refractivity contribution is 7.22. The standard InChI is InChI=1S/C18H17N3O5S/c1-2-21(18-20-12-6-3-4-8-14(12)27-18)15(22)11-26-16(23)10-19-17(24)13-7-5-9-25-13/h3-9H,2,10-11H2,1H3,(H,19,24). The number of likely N-dealkylation sites (N-methyl/N-ethyl adjacent to an activating group) is 1. The van der Waals surface area contributed by atoms with Crippen LogP contribution < -0.4 is 10.2 Å². The van der Waals surface area contributed by atoms with Crippen LogP contribution in [-0.2, 0) is 14.3 Å². The van der Waals surface area contributed by atoms with Crippen LogP contribution in [0.2, 0.25) is 0 Å². The number of nitrogens with zero attached hydrogens (tertiary/aromatic N) is 2. The predicted octanol–water partition coefficient (Wildman–Crippen LogP) is 2.22. The number of hydrogen-bond acceptors (Lipinski definition) is 7. The maximum Gasteiger partial charge on any atom is 0.325 e.